The number of pyridine rings is 2. The number of nitrogens with two attached hydrogens (primary N) is 1. The zero-order valence-electron chi connectivity index (χ0n) is 25.0. The van der Waals surface area contributed by atoms with Gasteiger partial charge in [0.15, 0.2) is 0 Å². The Kier molecular flexibility index (Phi) is 9.22. The number of carbonyl (C=O) groups excluding carboxylic acids is 1. The standard InChI is InChI=1S/C33H41N5O3S/c1-22-7-8-25(36-31(39)29-9-10-30(42-29)33(2,3)4)19-26(22)27-18-23-21-35-24(6-5-11-34)20-28(23)38(32(27)40)13-12-37-14-16-41-17-15-37/h7-10,18-21H,5-6,11-17,34H2,1-4H3,(H,36,39). The summed E-state index contributed by atoms with van der Waals surface area (Å²) in [7, 11) is 0. The first-order valence-electron chi connectivity index (χ1n) is 14.7. The zero-order chi connectivity index (χ0) is 29.9. The maximum Gasteiger partial charge on any atom is 0.265 e. The lowest BCUT2D eigenvalue weighted by atomic mass is 9.95. The Hall–Kier alpha value is -3.37. The molecule has 8 nitrogen and oxygen atoms in total. The molecule has 0 atom stereocenters. The first-order valence-corrected chi connectivity index (χ1v) is 15.5. The van der Waals surface area contributed by atoms with Crippen LogP contribution in [0.1, 0.15) is 53.0 Å². The van der Waals surface area contributed by atoms with Crippen molar-refractivity contribution in [3.63, 3.8) is 0 Å². The second-order valence-electron chi connectivity index (χ2n) is 12.0. The summed E-state index contributed by atoms with van der Waals surface area (Å²) in [6, 6.07) is 13.6. The van der Waals surface area contributed by atoms with Crippen LogP contribution in [0.15, 0.2) is 53.5 Å². The highest BCUT2D eigenvalue weighted by molar-refractivity contribution is 7.14. The first kappa shape index (κ1) is 30.1. The van der Waals surface area contributed by atoms with Crippen LogP contribution in [0.5, 0.6) is 0 Å². The summed E-state index contributed by atoms with van der Waals surface area (Å²) >= 11 is 1.51. The molecule has 0 spiro atoms. The molecular weight excluding hydrogens is 546 g/mol. The minimum Gasteiger partial charge on any atom is -0.379 e. The Balaban J connectivity index is 1.51. The first-order chi connectivity index (χ1) is 20.1. The zero-order valence-corrected chi connectivity index (χ0v) is 25.9. The van der Waals surface area contributed by atoms with Crippen molar-refractivity contribution >= 4 is 33.8 Å². The summed E-state index contributed by atoms with van der Waals surface area (Å²) < 4.78 is 7.40. The summed E-state index contributed by atoms with van der Waals surface area (Å²) in [5.74, 6) is -0.152. The van der Waals surface area contributed by atoms with Crippen molar-refractivity contribution in [1.29, 1.82) is 0 Å². The van der Waals surface area contributed by atoms with Gasteiger partial charge in [-0.2, -0.15) is 0 Å². The van der Waals surface area contributed by atoms with E-state index in [9.17, 15) is 9.59 Å². The van der Waals surface area contributed by atoms with Gasteiger partial charge >= 0.3 is 0 Å². The topological polar surface area (TPSA) is 102 Å². The summed E-state index contributed by atoms with van der Waals surface area (Å²) in [6.07, 6.45) is 3.48. The van der Waals surface area contributed by atoms with Crippen molar-refractivity contribution in [2.24, 2.45) is 5.73 Å². The molecule has 5 rings (SSSR count). The predicted molar refractivity (Wildman–Crippen MR) is 172 cm³/mol. The number of ether oxygens (including phenoxy) is 1. The van der Waals surface area contributed by atoms with Gasteiger partial charge in [0.05, 0.1) is 23.6 Å². The quantitative estimate of drug-likeness (QED) is 0.279. The molecule has 42 heavy (non-hydrogen) atoms. The average Bonchev–Trinajstić information content (AvgIpc) is 3.49. The number of nitrogens with zero attached hydrogens (tertiary/aromatic N) is 3. The number of hydrogen-bond acceptors (Lipinski definition) is 7. The van der Waals surface area contributed by atoms with E-state index in [2.05, 4.69) is 36.0 Å². The fraction of sp³-hybridized carbons (Fsp3) is 0.424. The van der Waals surface area contributed by atoms with Gasteiger partial charge in [-0.25, -0.2) is 0 Å². The predicted octanol–water partition coefficient (Wildman–Crippen LogP) is 5.21. The third-order valence-corrected chi connectivity index (χ3v) is 9.28. The molecule has 3 N–H and O–H groups in total. The van der Waals surface area contributed by atoms with Crippen molar-refractivity contribution in [2.45, 2.75) is 52.5 Å². The van der Waals surface area contributed by atoms with Crippen LogP contribution in [0.25, 0.3) is 22.0 Å². The minimum absolute atomic E-state index is 0.0158. The number of amides is 1. The van der Waals surface area contributed by atoms with E-state index in [1.54, 1.807) is 0 Å². The largest absolute Gasteiger partial charge is 0.379 e. The van der Waals surface area contributed by atoms with E-state index < -0.39 is 0 Å². The number of benzene rings is 1. The van der Waals surface area contributed by atoms with Gasteiger partial charge in [-0.3, -0.25) is 19.5 Å². The maximum atomic E-state index is 14.2. The average molecular weight is 588 g/mol. The molecular formula is C33H41N5O3S. The van der Waals surface area contributed by atoms with E-state index in [1.165, 1.54) is 11.3 Å². The van der Waals surface area contributed by atoms with E-state index in [1.807, 2.05) is 60.2 Å². The number of thiophene rings is 1. The molecule has 1 aliphatic rings. The number of anilines is 1. The molecule has 4 heterocycles. The number of rotatable bonds is 9. The van der Waals surface area contributed by atoms with Crippen LogP contribution < -0.4 is 16.6 Å². The number of carbonyl (C=O) groups is 1. The third kappa shape index (κ3) is 6.81. The number of fused-ring (bicyclic) bond motifs is 1. The van der Waals surface area contributed by atoms with Gasteiger partial charge in [-0.1, -0.05) is 26.8 Å². The smallest absolute Gasteiger partial charge is 0.265 e. The van der Waals surface area contributed by atoms with Crippen LogP contribution >= 0.6 is 11.3 Å². The molecule has 0 bridgehead atoms. The lowest BCUT2D eigenvalue weighted by Crippen LogP contribution is -2.39. The van der Waals surface area contributed by atoms with Crippen molar-refractivity contribution < 1.29 is 9.53 Å². The number of aromatic nitrogens is 2. The molecule has 222 valence electrons. The van der Waals surface area contributed by atoms with Crippen molar-refractivity contribution in [2.75, 3.05) is 44.7 Å². The second kappa shape index (κ2) is 12.9. The molecule has 1 amide bonds. The fourth-order valence-electron chi connectivity index (χ4n) is 5.26. The molecule has 9 heteroatoms. The molecule has 4 aromatic rings. The molecule has 1 aromatic carbocycles. The third-order valence-electron chi connectivity index (χ3n) is 7.77. The summed E-state index contributed by atoms with van der Waals surface area (Å²) in [4.78, 5) is 36.1. The van der Waals surface area contributed by atoms with Crippen molar-refractivity contribution in [3.05, 3.63) is 80.0 Å². The van der Waals surface area contributed by atoms with Gasteiger partial charge < -0.3 is 20.4 Å². The number of nitrogens with one attached hydrogen (secondary N) is 1. The highest BCUT2D eigenvalue weighted by atomic mass is 32.1. The highest BCUT2D eigenvalue weighted by Crippen LogP contribution is 2.31. The Labute approximate surface area is 251 Å². The molecule has 0 saturated carbocycles. The Morgan fingerprint density at radius 2 is 1.86 bits per heavy atom. The van der Waals surface area contributed by atoms with Gasteiger partial charge in [0.1, 0.15) is 0 Å². The molecule has 1 aliphatic heterocycles. The lowest BCUT2D eigenvalue weighted by molar-refractivity contribution is 0.0364. The van der Waals surface area contributed by atoms with Gasteiger partial charge in [0.25, 0.3) is 11.5 Å². The van der Waals surface area contributed by atoms with Crippen LogP contribution in [0.4, 0.5) is 5.69 Å². The van der Waals surface area contributed by atoms with Crippen molar-refractivity contribution in [1.82, 2.24) is 14.5 Å². The van der Waals surface area contributed by atoms with E-state index in [-0.39, 0.29) is 16.9 Å². The fourth-order valence-corrected chi connectivity index (χ4v) is 6.22. The van der Waals surface area contributed by atoms with E-state index >= 15 is 0 Å². The Morgan fingerprint density at radius 3 is 2.57 bits per heavy atom. The molecule has 0 radical (unpaired) electrons. The molecule has 0 aliphatic carbocycles. The summed E-state index contributed by atoms with van der Waals surface area (Å²) in [5, 5.41) is 3.96. The van der Waals surface area contributed by atoms with Gasteiger partial charge in [-0.05, 0) is 79.3 Å². The maximum absolute atomic E-state index is 14.2. The molecule has 1 fully saturated rings. The number of morpholine rings is 1. The van der Waals surface area contributed by atoms with Gasteiger partial charge in [0.2, 0.25) is 0 Å². The molecule has 1 saturated heterocycles. The Morgan fingerprint density at radius 1 is 1.07 bits per heavy atom. The number of aryl methyl sites for hydroxylation is 2. The minimum atomic E-state index is -0.152. The van der Waals surface area contributed by atoms with Crippen LogP contribution in [0.2, 0.25) is 0 Å². The van der Waals surface area contributed by atoms with Crippen LogP contribution in [0, 0.1) is 6.92 Å². The molecule has 0 unspecified atom stereocenters. The molecule has 3 aromatic heterocycles. The van der Waals surface area contributed by atoms with Crippen LogP contribution in [0.3, 0.4) is 0 Å². The van der Waals surface area contributed by atoms with Gasteiger partial charge in [-0.15, -0.1) is 11.3 Å². The normalized spacial score (nSPS) is 14.4. The SMILES string of the molecule is Cc1ccc(NC(=O)c2ccc(C(C)(C)C)s2)cc1-c1cc2cnc(CCCN)cc2n(CCN2CCOCC2)c1=O. The van der Waals surface area contributed by atoms with Crippen molar-refractivity contribution in [3.8, 4) is 11.1 Å². The van der Waals surface area contributed by atoms with Crippen LogP contribution in [-0.2, 0) is 23.1 Å². The van der Waals surface area contributed by atoms with Crippen LogP contribution in [-0.4, -0.2) is 59.8 Å². The second-order valence-corrected chi connectivity index (χ2v) is 13.1. The van der Waals surface area contributed by atoms with E-state index in [4.69, 9.17) is 10.5 Å². The monoisotopic (exact) mass is 587 g/mol. The van der Waals surface area contributed by atoms with E-state index in [0.717, 1.165) is 65.1 Å². The number of hydrogen-bond donors (Lipinski definition) is 2. The van der Waals surface area contributed by atoms with E-state index in [0.29, 0.717) is 42.4 Å². The van der Waals surface area contributed by atoms with Gasteiger partial charge in [0, 0.05) is 59.6 Å². The lowest BCUT2D eigenvalue weighted by Gasteiger charge is -2.27. The highest BCUT2D eigenvalue weighted by Gasteiger charge is 2.20. The summed E-state index contributed by atoms with van der Waals surface area (Å²) in [5.41, 5.74) is 10.5. The summed E-state index contributed by atoms with van der Waals surface area (Å²) in [6.45, 7) is 13.5. The Bertz CT molecular complexity index is 1630.